The van der Waals surface area contributed by atoms with Crippen molar-refractivity contribution in [2.45, 2.75) is 71.1 Å². The molecule has 0 aliphatic heterocycles. The zero-order valence-corrected chi connectivity index (χ0v) is 37.6. The van der Waals surface area contributed by atoms with Crippen molar-refractivity contribution >= 4 is 23.9 Å². The number of methoxy groups -OCH3 is 1. The molecule has 1 atom stereocenters. The van der Waals surface area contributed by atoms with E-state index in [0.717, 1.165) is 5.56 Å². The molecule has 62 heavy (non-hydrogen) atoms. The zero-order valence-electron chi connectivity index (χ0n) is 37.6. The standard InChI is InChI=1S/C43H75N3O16/c1-43(2,3)62-40(48)14-10-16-45-41(49)38(46-42(50)61-35-37-11-6-5-7-12-37)13-8-9-15-44-39(47)36-60-34-33-59-32-31-58-30-29-57-28-27-56-26-25-55-24-23-54-22-21-53-20-19-52-18-17-51-4/h5-7,11-12,38H,8-10,13-36H2,1-4H3,(H,44,47)(H,45,49)(H,46,50). The Morgan fingerprint density at radius 2 is 1.02 bits per heavy atom. The van der Waals surface area contributed by atoms with Crippen LogP contribution in [0.1, 0.15) is 58.4 Å². The first-order valence-electron chi connectivity index (χ1n) is 21.5. The molecule has 1 unspecified atom stereocenters. The first kappa shape index (κ1) is 56.5. The van der Waals surface area contributed by atoms with E-state index < -0.39 is 23.6 Å². The lowest BCUT2D eigenvalue weighted by Gasteiger charge is -2.20. The topological polar surface area (TPSA) is 215 Å². The molecule has 0 saturated heterocycles. The second-order valence-corrected chi connectivity index (χ2v) is 14.5. The Bertz CT molecular complexity index is 1240. The highest BCUT2D eigenvalue weighted by Crippen LogP contribution is 2.09. The molecule has 0 aromatic heterocycles. The third kappa shape index (κ3) is 38.2. The quantitative estimate of drug-likeness (QED) is 0.0636. The summed E-state index contributed by atoms with van der Waals surface area (Å²) in [6, 6.07) is 8.33. The van der Waals surface area contributed by atoms with Crippen molar-refractivity contribution in [2.24, 2.45) is 0 Å². The van der Waals surface area contributed by atoms with E-state index in [1.165, 1.54) is 0 Å². The fraction of sp³-hybridized carbons (Fsp3) is 0.767. The van der Waals surface area contributed by atoms with Gasteiger partial charge >= 0.3 is 12.1 Å². The summed E-state index contributed by atoms with van der Waals surface area (Å²) in [6.07, 6.45) is 1.23. The van der Waals surface area contributed by atoms with Gasteiger partial charge in [-0.2, -0.15) is 0 Å². The molecule has 0 fully saturated rings. The third-order valence-electron chi connectivity index (χ3n) is 7.98. The Balaban J connectivity index is 2.00. The number of rotatable bonds is 42. The van der Waals surface area contributed by atoms with Crippen LogP contribution in [0.3, 0.4) is 0 Å². The fourth-order valence-corrected chi connectivity index (χ4v) is 4.95. The molecule has 1 aromatic carbocycles. The van der Waals surface area contributed by atoms with Crippen LogP contribution in [0, 0.1) is 0 Å². The number of nitrogens with one attached hydrogen (secondary N) is 3. The zero-order chi connectivity index (χ0) is 45.2. The summed E-state index contributed by atoms with van der Waals surface area (Å²) in [5.41, 5.74) is 0.228. The van der Waals surface area contributed by atoms with Gasteiger partial charge in [0.2, 0.25) is 11.8 Å². The predicted octanol–water partition coefficient (Wildman–Crippen LogP) is 2.60. The van der Waals surface area contributed by atoms with Crippen LogP contribution in [-0.4, -0.2) is 181 Å². The molecular formula is C43H75N3O16. The number of hydrogen-bond donors (Lipinski definition) is 3. The second kappa shape index (κ2) is 40.3. The van der Waals surface area contributed by atoms with Gasteiger partial charge in [0.05, 0.1) is 119 Å². The summed E-state index contributed by atoms with van der Waals surface area (Å²) in [4.78, 5) is 49.7. The van der Waals surface area contributed by atoms with Crippen LogP contribution in [0.4, 0.5) is 4.79 Å². The number of ether oxygens (including phenoxy) is 12. The maximum absolute atomic E-state index is 13.0. The van der Waals surface area contributed by atoms with Crippen molar-refractivity contribution in [2.75, 3.05) is 146 Å². The van der Waals surface area contributed by atoms with E-state index in [1.54, 1.807) is 27.9 Å². The Hall–Kier alpha value is -3.50. The van der Waals surface area contributed by atoms with Crippen molar-refractivity contribution in [3.05, 3.63) is 35.9 Å². The van der Waals surface area contributed by atoms with Crippen LogP contribution in [-0.2, 0) is 77.8 Å². The number of hydrogen-bond acceptors (Lipinski definition) is 16. The van der Waals surface area contributed by atoms with Crippen LogP contribution in [0.2, 0.25) is 0 Å². The summed E-state index contributed by atoms with van der Waals surface area (Å²) in [6.45, 7) is 14.2. The number of carbonyl (C=O) groups is 4. The van der Waals surface area contributed by atoms with Gasteiger partial charge in [-0.1, -0.05) is 30.3 Å². The lowest BCUT2D eigenvalue weighted by molar-refractivity contribution is -0.155. The van der Waals surface area contributed by atoms with Crippen LogP contribution in [0.5, 0.6) is 0 Å². The minimum Gasteiger partial charge on any atom is -0.460 e. The molecule has 1 aromatic rings. The smallest absolute Gasteiger partial charge is 0.408 e. The summed E-state index contributed by atoms with van der Waals surface area (Å²) < 4.78 is 64.4. The van der Waals surface area contributed by atoms with E-state index in [2.05, 4.69) is 16.0 Å². The Labute approximate surface area is 368 Å². The van der Waals surface area contributed by atoms with E-state index in [0.29, 0.717) is 145 Å². The van der Waals surface area contributed by atoms with Gasteiger partial charge in [0.1, 0.15) is 24.9 Å². The Kier molecular flexibility index (Phi) is 36.7. The van der Waals surface area contributed by atoms with E-state index in [4.69, 9.17) is 56.8 Å². The number of amides is 3. The predicted molar refractivity (Wildman–Crippen MR) is 228 cm³/mol. The van der Waals surface area contributed by atoms with Crippen molar-refractivity contribution in [1.82, 2.24) is 16.0 Å². The summed E-state index contributed by atoms with van der Waals surface area (Å²) in [5, 5.41) is 8.20. The molecule has 0 aliphatic carbocycles. The van der Waals surface area contributed by atoms with Gasteiger partial charge in [-0.3, -0.25) is 14.4 Å². The molecule has 3 amide bonds. The van der Waals surface area contributed by atoms with Crippen LogP contribution >= 0.6 is 0 Å². The maximum Gasteiger partial charge on any atom is 0.408 e. The van der Waals surface area contributed by atoms with Crippen molar-refractivity contribution < 1.29 is 76.0 Å². The largest absolute Gasteiger partial charge is 0.460 e. The highest BCUT2D eigenvalue weighted by molar-refractivity contribution is 5.85. The summed E-state index contributed by atoms with van der Waals surface area (Å²) in [7, 11) is 1.64. The van der Waals surface area contributed by atoms with E-state index in [-0.39, 0.29) is 44.7 Å². The molecule has 0 spiro atoms. The molecule has 1 rings (SSSR count). The monoisotopic (exact) mass is 890 g/mol. The van der Waals surface area contributed by atoms with Crippen LogP contribution in [0.25, 0.3) is 0 Å². The normalized spacial score (nSPS) is 11.9. The minimum atomic E-state index is -0.863. The van der Waals surface area contributed by atoms with Gasteiger partial charge in [0.15, 0.2) is 0 Å². The van der Waals surface area contributed by atoms with E-state index >= 15 is 0 Å². The molecule has 0 radical (unpaired) electrons. The molecular weight excluding hydrogens is 814 g/mol. The molecule has 19 nitrogen and oxygen atoms in total. The highest BCUT2D eigenvalue weighted by Gasteiger charge is 2.22. The molecule has 3 N–H and O–H groups in total. The minimum absolute atomic E-state index is 0.0582. The van der Waals surface area contributed by atoms with Crippen molar-refractivity contribution in [3.8, 4) is 0 Å². The van der Waals surface area contributed by atoms with Gasteiger partial charge < -0.3 is 72.8 Å². The molecule has 19 heteroatoms. The average Bonchev–Trinajstić information content (AvgIpc) is 3.24. The number of esters is 1. The SMILES string of the molecule is COCCOCCOCCOCCOCCOCCOCCOCCOCCOCC(=O)NCCCCC(NC(=O)OCc1ccccc1)C(=O)NCCCC(=O)OC(C)(C)C. The lowest BCUT2D eigenvalue weighted by Crippen LogP contribution is -2.47. The van der Waals surface area contributed by atoms with Gasteiger partial charge in [-0.15, -0.1) is 0 Å². The third-order valence-corrected chi connectivity index (χ3v) is 7.98. The highest BCUT2D eigenvalue weighted by atomic mass is 16.6. The van der Waals surface area contributed by atoms with Crippen LogP contribution in [0.15, 0.2) is 30.3 Å². The number of alkyl carbamates (subject to hydrolysis) is 1. The number of benzene rings is 1. The fourth-order valence-electron chi connectivity index (χ4n) is 4.95. The van der Waals surface area contributed by atoms with Gasteiger partial charge in [0.25, 0.3) is 0 Å². The second-order valence-electron chi connectivity index (χ2n) is 14.5. The molecule has 0 aliphatic rings. The molecule has 0 saturated carbocycles. The van der Waals surface area contributed by atoms with E-state index in [9.17, 15) is 19.2 Å². The Morgan fingerprint density at radius 1 is 0.565 bits per heavy atom. The average molecular weight is 890 g/mol. The first-order chi connectivity index (χ1) is 30.1. The maximum atomic E-state index is 13.0. The number of carbonyl (C=O) groups excluding carboxylic acids is 4. The first-order valence-corrected chi connectivity index (χ1v) is 21.5. The Morgan fingerprint density at radius 3 is 1.48 bits per heavy atom. The lowest BCUT2D eigenvalue weighted by atomic mass is 10.1. The number of unbranched alkanes of at least 4 members (excludes halogenated alkanes) is 1. The summed E-state index contributed by atoms with van der Waals surface area (Å²) in [5.74, 6) is -1.02. The van der Waals surface area contributed by atoms with Crippen LogP contribution < -0.4 is 16.0 Å². The molecule has 0 heterocycles. The van der Waals surface area contributed by atoms with Gasteiger partial charge in [-0.05, 0) is 52.0 Å². The van der Waals surface area contributed by atoms with Gasteiger partial charge in [0, 0.05) is 26.6 Å². The summed E-state index contributed by atoms with van der Waals surface area (Å²) >= 11 is 0. The molecule has 0 bridgehead atoms. The van der Waals surface area contributed by atoms with Gasteiger partial charge in [-0.25, -0.2) is 4.79 Å². The van der Waals surface area contributed by atoms with Crippen molar-refractivity contribution in [1.29, 1.82) is 0 Å². The van der Waals surface area contributed by atoms with Crippen molar-refractivity contribution in [3.63, 3.8) is 0 Å². The molecule has 358 valence electrons. The van der Waals surface area contributed by atoms with E-state index in [1.807, 2.05) is 30.3 Å².